The molecule has 1 aliphatic heterocycles. The number of nitrogens with one attached hydrogen (secondary N) is 1. The Hall–Kier alpha value is -1.79. The highest BCUT2D eigenvalue weighted by atomic mass is 16.4. The van der Waals surface area contributed by atoms with E-state index in [9.17, 15) is 19.5 Å². The zero-order valence-corrected chi connectivity index (χ0v) is 12.1. The molecule has 0 aromatic rings. The fourth-order valence-corrected chi connectivity index (χ4v) is 3.28. The number of carbonyl (C=O) groups is 3. The maximum Gasteiger partial charge on any atom is 0.329 e. The Morgan fingerprint density at radius 2 is 1.81 bits per heavy atom. The Morgan fingerprint density at radius 1 is 1.14 bits per heavy atom. The van der Waals surface area contributed by atoms with Crippen molar-refractivity contribution in [3.05, 3.63) is 0 Å². The number of rotatable bonds is 3. The van der Waals surface area contributed by atoms with Crippen molar-refractivity contribution in [3.63, 3.8) is 0 Å². The molecule has 1 heterocycles. The fourth-order valence-electron chi connectivity index (χ4n) is 3.28. The molecule has 7 nitrogen and oxygen atoms in total. The summed E-state index contributed by atoms with van der Waals surface area (Å²) in [6.07, 6.45) is 4.94. The number of nitrogens with zero attached hydrogens (tertiary/aromatic N) is 1. The predicted octanol–water partition coefficient (Wildman–Crippen LogP) is 0.681. The maximum atomic E-state index is 12.4. The average Bonchev–Trinajstić information content (AvgIpc) is 2.48. The third-order valence-electron chi connectivity index (χ3n) is 4.58. The molecule has 1 saturated carbocycles. The first-order valence-electron chi connectivity index (χ1n) is 7.54. The number of hydrogen-bond donors (Lipinski definition) is 3. The van der Waals surface area contributed by atoms with E-state index in [4.69, 9.17) is 5.73 Å². The Balaban J connectivity index is 2.02. The molecule has 1 atom stereocenters. The minimum Gasteiger partial charge on any atom is -0.480 e. The average molecular weight is 297 g/mol. The minimum absolute atomic E-state index is 0.273. The standard InChI is InChI=1S/C14H23N3O4/c15-13(21)17-8-4-5-10(9-17)11(18)16-14(12(19)20)6-2-1-3-7-14/h10H,1-9H2,(H2,15,21)(H,16,18)(H,19,20). The molecule has 7 heteroatoms. The molecule has 4 N–H and O–H groups in total. The van der Waals surface area contributed by atoms with Crippen LogP contribution in [0.2, 0.25) is 0 Å². The Morgan fingerprint density at radius 3 is 2.38 bits per heavy atom. The molecule has 0 bridgehead atoms. The van der Waals surface area contributed by atoms with E-state index in [1.165, 1.54) is 4.90 Å². The minimum atomic E-state index is -1.13. The monoisotopic (exact) mass is 297 g/mol. The van der Waals surface area contributed by atoms with Gasteiger partial charge in [0.2, 0.25) is 5.91 Å². The van der Waals surface area contributed by atoms with E-state index in [0.717, 1.165) is 19.3 Å². The van der Waals surface area contributed by atoms with E-state index in [1.54, 1.807) is 0 Å². The zero-order chi connectivity index (χ0) is 15.5. The van der Waals surface area contributed by atoms with Gasteiger partial charge < -0.3 is 21.1 Å². The molecule has 3 amide bonds. The lowest BCUT2D eigenvalue weighted by atomic mass is 9.81. The van der Waals surface area contributed by atoms with Gasteiger partial charge in [0, 0.05) is 13.1 Å². The number of amides is 3. The predicted molar refractivity (Wildman–Crippen MR) is 75.5 cm³/mol. The second-order valence-corrected chi connectivity index (χ2v) is 6.06. The van der Waals surface area contributed by atoms with Crippen LogP contribution in [0.4, 0.5) is 4.79 Å². The second kappa shape index (κ2) is 6.32. The summed E-state index contributed by atoms with van der Waals surface area (Å²) < 4.78 is 0. The van der Waals surface area contributed by atoms with Crippen molar-refractivity contribution in [1.29, 1.82) is 0 Å². The van der Waals surface area contributed by atoms with Crippen LogP contribution in [0.5, 0.6) is 0 Å². The van der Waals surface area contributed by atoms with Gasteiger partial charge in [0.05, 0.1) is 5.92 Å². The number of likely N-dealkylation sites (tertiary alicyclic amines) is 1. The molecule has 2 fully saturated rings. The van der Waals surface area contributed by atoms with Crippen LogP contribution in [0.15, 0.2) is 0 Å². The summed E-state index contributed by atoms with van der Waals surface area (Å²) in [7, 11) is 0. The summed E-state index contributed by atoms with van der Waals surface area (Å²) >= 11 is 0. The van der Waals surface area contributed by atoms with Crippen molar-refractivity contribution in [3.8, 4) is 0 Å². The van der Waals surface area contributed by atoms with Crippen molar-refractivity contribution in [2.45, 2.75) is 50.5 Å². The lowest BCUT2D eigenvalue weighted by Gasteiger charge is -2.37. The number of carboxylic acids is 1. The third kappa shape index (κ3) is 3.46. The van der Waals surface area contributed by atoms with Crippen molar-refractivity contribution in [2.24, 2.45) is 11.7 Å². The van der Waals surface area contributed by atoms with Crippen LogP contribution in [0, 0.1) is 5.92 Å². The van der Waals surface area contributed by atoms with Crippen LogP contribution in [0.3, 0.4) is 0 Å². The van der Waals surface area contributed by atoms with Crippen LogP contribution in [0.1, 0.15) is 44.9 Å². The second-order valence-electron chi connectivity index (χ2n) is 6.06. The zero-order valence-electron chi connectivity index (χ0n) is 12.1. The van der Waals surface area contributed by atoms with Gasteiger partial charge >= 0.3 is 12.0 Å². The summed E-state index contributed by atoms with van der Waals surface area (Å²) in [6.45, 7) is 0.833. The molecule has 2 aliphatic rings. The van der Waals surface area contributed by atoms with Gasteiger partial charge in [0.1, 0.15) is 5.54 Å². The van der Waals surface area contributed by atoms with Crippen molar-refractivity contribution in [1.82, 2.24) is 10.2 Å². The van der Waals surface area contributed by atoms with E-state index in [0.29, 0.717) is 32.2 Å². The van der Waals surface area contributed by atoms with E-state index in [1.807, 2.05) is 0 Å². The van der Waals surface area contributed by atoms with Gasteiger partial charge in [-0.2, -0.15) is 0 Å². The van der Waals surface area contributed by atoms with E-state index < -0.39 is 17.5 Å². The lowest BCUT2D eigenvalue weighted by Crippen LogP contribution is -2.58. The van der Waals surface area contributed by atoms with Crippen molar-refractivity contribution < 1.29 is 19.5 Å². The highest BCUT2D eigenvalue weighted by molar-refractivity contribution is 5.88. The van der Waals surface area contributed by atoms with Gasteiger partial charge in [0.25, 0.3) is 0 Å². The first-order chi connectivity index (χ1) is 9.94. The first-order valence-corrected chi connectivity index (χ1v) is 7.54. The topological polar surface area (TPSA) is 113 Å². The van der Waals surface area contributed by atoms with Gasteiger partial charge in [-0.15, -0.1) is 0 Å². The molecule has 21 heavy (non-hydrogen) atoms. The summed E-state index contributed by atoms with van der Waals surface area (Å²) in [6, 6.07) is -0.530. The van der Waals surface area contributed by atoms with E-state index >= 15 is 0 Å². The van der Waals surface area contributed by atoms with Crippen LogP contribution in [0.25, 0.3) is 0 Å². The Bertz CT molecular complexity index is 432. The number of piperidine rings is 1. The quantitative estimate of drug-likeness (QED) is 0.711. The molecule has 1 unspecified atom stereocenters. The SMILES string of the molecule is NC(=O)N1CCCC(C(=O)NC2(C(=O)O)CCCCC2)C1. The van der Waals surface area contributed by atoms with Gasteiger partial charge in [-0.25, -0.2) is 9.59 Å². The number of hydrogen-bond acceptors (Lipinski definition) is 3. The van der Waals surface area contributed by atoms with Crippen LogP contribution >= 0.6 is 0 Å². The van der Waals surface area contributed by atoms with Crippen molar-refractivity contribution >= 4 is 17.9 Å². The number of primary amides is 1. The third-order valence-corrected chi connectivity index (χ3v) is 4.58. The highest BCUT2D eigenvalue weighted by Gasteiger charge is 2.42. The van der Waals surface area contributed by atoms with Crippen molar-refractivity contribution in [2.75, 3.05) is 13.1 Å². The summed E-state index contributed by atoms with van der Waals surface area (Å²) in [5.41, 5.74) is 4.11. The summed E-state index contributed by atoms with van der Waals surface area (Å²) in [5, 5.41) is 12.2. The Kier molecular flexibility index (Phi) is 4.69. The molecule has 0 aromatic carbocycles. The summed E-state index contributed by atoms with van der Waals surface area (Å²) in [5.74, 6) is -1.60. The molecular formula is C14H23N3O4. The molecule has 0 spiro atoms. The van der Waals surface area contributed by atoms with Crippen LogP contribution in [-0.2, 0) is 9.59 Å². The number of carbonyl (C=O) groups excluding carboxylic acids is 2. The number of aliphatic carboxylic acids is 1. The largest absolute Gasteiger partial charge is 0.480 e. The van der Waals surface area contributed by atoms with Gasteiger partial charge in [0.15, 0.2) is 0 Å². The molecule has 1 aliphatic carbocycles. The smallest absolute Gasteiger partial charge is 0.329 e. The molecule has 1 saturated heterocycles. The number of carboxylic acid groups (broad SMARTS) is 1. The molecule has 2 rings (SSSR count). The van der Waals surface area contributed by atoms with E-state index in [-0.39, 0.29) is 18.4 Å². The molecule has 0 radical (unpaired) electrons. The van der Waals surface area contributed by atoms with Gasteiger partial charge in [-0.3, -0.25) is 4.79 Å². The normalized spacial score (nSPS) is 25.1. The van der Waals surface area contributed by atoms with Crippen LogP contribution < -0.4 is 11.1 Å². The first kappa shape index (κ1) is 15.6. The Labute approximate surface area is 123 Å². The molecule has 0 aromatic heterocycles. The number of nitrogens with two attached hydrogens (primary N) is 1. The molecular weight excluding hydrogens is 274 g/mol. The molecule has 118 valence electrons. The van der Waals surface area contributed by atoms with E-state index in [2.05, 4.69) is 5.32 Å². The lowest BCUT2D eigenvalue weighted by molar-refractivity contribution is -0.150. The maximum absolute atomic E-state index is 12.4. The fraction of sp³-hybridized carbons (Fsp3) is 0.786. The number of urea groups is 1. The summed E-state index contributed by atoms with van der Waals surface area (Å²) in [4.78, 5) is 36.6. The van der Waals surface area contributed by atoms with Gasteiger partial charge in [-0.1, -0.05) is 19.3 Å². The highest BCUT2D eigenvalue weighted by Crippen LogP contribution is 2.29. The van der Waals surface area contributed by atoms with Crippen LogP contribution in [-0.4, -0.2) is 46.5 Å². The van der Waals surface area contributed by atoms with Gasteiger partial charge in [-0.05, 0) is 25.7 Å².